The lowest BCUT2D eigenvalue weighted by Gasteiger charge is -2.29. The molecule has 92 valence electrons. The van der Waals surface area contributed by atoms with Crippen molar-refractivity contribution in [2.24, 2.45) is 5.41 Å². The third-order valence-corrected chi connectivity index (χ3v) is 3.07. The molecular formula is C12H27NO2. The fraction of sp³-hybridized carbons (Fsp3) is 1.00. The van der Waals surface area contributed by atoms with Gasteiger partial charge in [-0.2, -0.15) is 0 Å². The molecule has 3 nitrogen and oxygen atoms in total. The van der Waals surface area contributed by atoms with Gasteiger partial charge in [0.1, 0.15) is 0 Å². The Labute approximate surface area is 94.2 Å². The van der Waals surface area contributed by atoms with E-state index in [0.29, 0.717) is 6.10 Å². The minimum absolute atomic E-state index is 0.0534. The van der Waals surface area contributed by atoms with Crippen LogP contribution in [0.1, 0.15) is 40.5 Å². The molecule has 0 aliphatic rings. The van der Waals surface area contributed by atoms with Crippen molar-refractivity contribution in [3.8, 4) is 0 Å². The van der Waals surface area contributed by atoms with Crippen molar-refractivity contribution in [2.45, 2.75) is 46.6 Å². The topological polar surface area (TPSA) is 41.5 Å². The van der Waals surface area contributed by atoms with E-state index in [1.54, 1.807) is 0 Å². The van der Waals surface area contributed by atoms with E-state index in [0.717, 1.165) is 32.5 Å². The first-order chi connectivity index (χ1) is 7.10. The molecule has 0 radical (unpaired) electrons. The molecule has 0 amide bonds. The number of hydrogen-bond acceptors (Lipinski definition) is 3. The number of nitrogens with one attached hydrogen (secondary N) is 1. The first kappa shape index (κ1) is 14.9. The Balaban J connectivity index is 3.63. The summed E-state index contributed by atoms with van der Waals surface area (Å²) in [4.78, 5) is 0. The van der Waals surface area contributed by atoms with Crippen LogP contribution in [0, 0.1) is 5.41 Å². The van der Waals surface area contributed by atoms with Gasteiger partial charge in [0, 0.05) is 25.1 Å². The fourth-order valence-corrected chi connectivity index (χ4v) is 1.50. The van der Waals surface area contributed by atoms with Crippen LogP contribution in [0.2, 0.25) is 0 Å². The number of aliphatic hydroxyl groups excluding tert-OH is 1. The monoisotopic (exact) mass is 217 g/mol. The molecule has 0 saturated heterocycles. The molecule has 0 saturated carbocycles. The van der Waals surface area contributed by atoms with Gasteiger partial charge in [0.05, 0.1) is 12.7 Å². The lowest BCUT2D eigenvalue weighted by molar-refractivity contribution is 0.0731. The molecular weight excluding hydrogens is 190 g/mol. The van der Waals surface area contributed by atoms with Gasteiger partial charge < -0.3 is 15.2 Å². The molecule has 0 bridgehead atoms. The Morgan fingerprint density at radius 1 is 1.27 bits per heavy atom. The Kier molecular flexibility index (Phi) is 8.02. The molecule has 0 aromatic rings. The summed E-state index contributed by atoms with van der Waals surface area (Å²) >= 11 is 0. The number of rotatable bonds is 9. The van der Waals surface area contributed by atoms with Crippen molar-refractivity contribution in [1.82, 2.24) is 5.32 Å². The third kappa shape index (κ3) is 6.13. The highest BCUT2D eigenvalue weighted by Crippen LogP contribution is 2.24. The second-order valence-corrected chi connectivity index (χ2v) is 4.46. The lowest BCUT2D eigenvalue weighted by Crippen LogP contribution is -2.38. The van der Waals surface area contributed by atoms with Crippen molar-refractivity contribution in [3.63, 3.8) is 0 Å². The summed E-state index contributed by atoms with van der Waals surface area (Å²) in [6.45, 7) is 11.1. The Bertz CT molecular complexity index is 136. The molecule has 0 atom stereocenters. The lowest BCUT2D eigenvalue weighted by atomic mass is 9.83. The maximum atomic E-state index is 9.35. The van der Waals surface area contributed by atoms with Crippen LogP contribution in [0.4, 0.5) is 0 Å². The van der Waals surface area contributed by atoms with E-state index in [-0.39, 0.29) is 12.0 Å². The summed E-state index contributed by atoms with van der Waals surface area (Å²) in [7, 11) is 0. The van der Waals surface area contributed by atoms with Gasteiger partial charge in [-0.25, -0.2) is 0 Å². The molecule has 0 unspecified atom stereocenters. The van der Waals surface area contributed by atoms with E-state index in [2.05, 4.69) is 19.2 Å². The molecule has 2 N–H and O–H groups in total. The standard InChI is InChI=1S/C12H27NO2/c1-5-12(6-2,10-14)9-13-7-8-15-11(3)4/h11,13-14H,5-10H2,1-4H3. The molecule has 0 aromatic carbocycles. The van der Waals surface area contributed by atoms with Crippen LogP contribution in [0.15, 0.2) is 0 Å². The van der Waals surface area contributed by atoms with Gasteiger partial charge >= 0.3 is 0 Å². The third-order valence-electron chi connectivity index (χ3n) is 3.07. The Hall–Kier alpha value is -0.120. The van der Waals surface area contributed by atoms with Gasteiger partial charge in [0.2, 0.25) is 0 Å². The van der Waals surface area contributed by atoms with Crippen molar-refractivity contribution in [2.75, 3.05) is 26.3 Å². The highest BCUT2D eigenvalue weighted by molar-refractivity contribution is 4.77. The van der Waals surface area contributed by atoms with Crippen LogP contribution in [-0.2, 0) is 4.74 Å². The zero-order valence-corrected chi connectivity index (χ0v) is 10.7. The number of hydrogen-bond donors (Lipinski definition) is 2. The van der Waals surface area contributed by atoms with Crippen LogP contribution in [0.3, 0.4) is 0 Å². The second-order valence-electron chi connectivity index (χ2n) is 4.46. The van der Waals surface area contributed by atoms with E-state index in [1.807, 2.05) is 13.8 Å². The first-order valence-electron chi connectivity index (χ1n) is 6.03. The summed E-state index contributed by atoms with van der Waals surface area (Å²) in [6.07, 6.45) is 2.32. The minimum atomic E-state index is 0.0534. The highest BCUT2D eigenvalue weighted by atomic mass is 16.5. The summed E-state index contributed by atoms with van der Waals surface area (Å²) in [5.41, 5.74) is 0.0534. The largest absolute Gasteiger partial charge is 0.396 e. The quantitative estimate of drug-likeness (QED) is 0.579. The van der Waals surface area contributed by atoms with Gasteiger partial charge in [0.15, 0.2) is 0 Å². The average molecular weight is 217 g/mol. The second kappa shape index (κ2) is 8.08. The molecule has 15 heavy (non-hydrogen) atoms. The maximum Gasteiger partial charge on any atom is 0.0594 e. The van der Waals surface area contributed by atoms with Crippen molar-refractivity contribution in [1.29, 1.82) is 0 Å². The number of ether oxygens (including phenoxy) is 1. The maximum absolute atomic E-state index is 9.35. The first-order valence-corrected chi connectivity index (χ1v) is 6.03. The van der Waals surface area contributed by atoms with Crippen LogP contribution in [-0.4, -0.2) is 37.5 Å². The van der Waals surface area contributed by atoms with E-state index in [1.165, 1.54) is 0 Å². The van der Waals surface area contributed by atoms with E-state index in [4.69, 9.17) is 4.74 Å². The van der Waals surface area contributed by atoms with E-state index in [9.17, 15) is 5.11 Å². The SMILES string of the molecule is CCC(CC)(CO)CNCCOC(C)C. The Morgan fingerprint density at radius 3 is 2.27 bits per heavy atom. The molecule has 0 heterocycles. The Morgan fingerprint density at radius 2 is 1.87 bits per heavy atom. The predicted molar refractivity (Wildman–Crippen MR) is 64.1 cm³/mol. The van der Waals surface area contributed by atoms with Gasteiger partial charge in [-0.05, 0) is 26.7 Å². The van der Waals surface area contributed by atoms with Crippen LogP contribution in [0.5, 0.6) is 0 Å². The zero-order chi connectivity index (χ0) is 11.7. The molecule has 0 aromatic heterocycles. The smallest absolute Gasteiger partial charge is 0.0594 e. The summed E-state index contributed by atoms with van der Waals surface area (Å²) in [6, 6.07) is 0. The zero-order valence-electron chi connectivity index (χ0n) is 10.7. The van der Waals surface area contributed by atoms with Gasteiger partial charge in [-0.15, -0.1) is 0 Å². The molecule has 0 aliphatic heterocycles. The van der Waals surface area contributed by atoms with E-state index < -0.39 is 0 Å². The van der Waals surface area contributed by atoms with Crippen LogP contribution < -0.4 is 5.32 Å². The summed E-state index contributed by atoms with van der Waals surface area (Å²) in [5.74, 6) is 0. The molecule has 0 aliphatic carbocycles. The highest BCUT2D eigenvalue weighted by Gasteiger charge is 2.24. The van der Waals surface area contributed by atoms with Crippen LogP contribution >= 0.6 is 0 Å². The van der Waals surface area contributed by atoms with Crippen LogP contribution in [0.25, 0.3) is 0 Å². The fourth-order valence-electron chi connectivity index (χ4n) is 1.50. The molecule has 0 spiro atoms. The normalized spacial score (nSPS) is 12.4. The van der Waals surface area contributed by atoms with Crippen molar-refractivity contribution < 1.29 is 9.84 Å². The summed E-state index contributed by atoms with van der Waals surface area (Å²) < 4.78 is 5.43. The summed E-state index contributed by atoms with van der Waals surface area (Å²) in [5, 5.41) is 12.7. The van der Waals surface area contributed by atoms with E-state index >= 15 is 0 Å². The minimum Gasteiger partial charge on any atom is -0.396 e. The van der Waals surface area contributed by atoms with Gasteiger partial charge in [0.25, 0.3) is 0 Å². The predicted octanol–water partition coefficient (Wildman–Crippen LogP) is 1.80. The van der Waals surface area contributed by atoms with Crippen molar-refractivity contribution in [3.05, 3.63) is 0 Å². The molecule has 0 rings (SSSR count). The van der Waals surface area contributed by atoms with Gasteiger partial charge in [-0.1, -0.05) is 13.8 Å². The average Bonchev–Trinajstić information content (AvgIpc) is 2.24. The molecule has 3 heteroatoms. The van der Waals surface area contributed by atoms with Crippen molar-refractivity contribution >= 4 is 0 Å². The molecule has 0 fully saturated rings. The number of aliphatic hydroxyl groups is 1. The van der Waals surface area contributed by atoms with Gasteiger partial charge in [-0.3, -0.25) is 0 Å².